The molecule has 0 aliphatic carbocycles. The fraction of sp³-hybridized carbons (Fsp3) is 0.364. The van der Waals surface area contributed by atoms with Gasteiger partial charge in [0.25, 0.3) is 0 Å². The number of benzene rings is 1. The molecule has 0 atom stereocenters. The van der Waals surface area contributed by atoms with E-state index in [1.807, 2.05) is 35.4 Å². The highest BCUT2D eigenvalue weighted by Gasteiger charge is 2.19. The van der Waals surface area contributed by atoms with Crippen LogP contribution in [0, 0.1) is 0 Å². The Morgan fingerprint density at radius 3 is 2.33 bits per heavy atom. The zero-order valence-electron chi connectivity index (χ0n) is 15.6. The molecule has 5 nitrogen and oxygen atoms in total. The van der Waals surface area contributed by atoms with Crippen LogP contribution in [0.5, 0.6) is 0 Å². The predicted octanol–water partition coefficient (Wildman–Crippen LogP) is 3.51. The summed E-state index contributed by atoms with van der Waals surface area (Å²) in [6.07, 6.45) is 10.0. The SMILES string of the molecule is c1cncc(COC2CCN(Cc3ccc(Cn4cccn4)cc3)CC2)c1. The van der Waals surface area contributed by atoms with E-state index in [1.54, 1.807) is 6.20 Å². The minimum absolute atomic E-state index is 0.359. The Hall–Kier alpha value is -2.50. The van der Waals surface area contributed by atoms with Gasteiger partial charge in [0.15, 0.2) is 0 Å². The fourth-order valence-electron chi connectivity index (χ4n) is 3.52. The molecule has 0 N–H and O–H groups in total. The van der Waals surface area contributed by atoms with Gasteiger partial charge in [0.05, 0.1) is 19.3 Å². The molecule has 5 heteroatoms. The van der Waals surface area contributed by atoms with Crippen LogP contribution < -0.4 is 0 Å². The van der Waals surface area contributed by atoms with Gasteiger partial charge in [0.2, 0.25) is 0 Å². The molecule has 0 bridgehead atoms. The van der Waals surface area contributed by atoms with E-state index in [-0.39, 0.29) is 0 Å². The highest BCUT2D eigenvalue weighted by Crippen LogP contribution is 2.18. The molecule has 1 aliphatic rings. The van der Waals surface area contributed by atoms with Gasteiger partial charge in [0, 0.05) is 44.4 Å². The highest BCUT2D eigenvalue weighted by atomic mass is 16.5. The Morgan fingerprint density at radius 1 is 0.889 bits per heavy atom. The fourth-order valence-corrected chi connectivity index (χ4v) is 3.52. The van der Waals surface area contributed by atoms with E-state index < -0.39 is 0 Å². The summed E-state index contributed by atoms with van der Waals surface area (Å²) in [5.74, 6) is 0. The molecule has 0 radical (unpaired) electrons. The summed E-state index contributed by atoms with van der Waals surface area (Å²) in [5.41, 5.74) is 3.80. The Morgan fingerprint density at radius 2 is 1.67 bits per heavy atom. The maximum Gasteiger partial charge on any atom is 0.0735 e. The number of ether oxygens (including phenoxy) is 1. The molecule has 3 aromatic rings. The van der Waals surface area contributed by atoms with Crippen LogP contribution >= 0.6 is 0 Å². The first-order valence-corrected chi connectivity index (χ1v) is 9.63. The number of hydrogen-bond acceptors (Lipinski definition) is 4. The van der Waals surface area contributed by atoms with Crippen molar-refractivity contribution in [1.29, 1.82) is 0 Å². The second-order valence-electron chi connectivity index (χ2n) is 7.17. The molecule has 2 aromatic heterocycles. The lowest BCUT2D eigenvalue weighted by molar-refractivity contribution is -0.00403. The normalized spacial score (nSPS) is 15.9. The molecule has 27 heavy (non-hydrogen) atoms. The van der Waals surface area contributed by atoms with Crippen molar-refractivity contribution in [3.8, 4) is 0 Å². The standard InChI is InChI=1S/C22H26N4O/c1-3-21(15-23-10-1)18-27-22-8-13-25(14-9-22)16-19-4-6-20(7-5-19)17-26-12-2-11-24-26/h1-7,10-12,15,22H,8-9,13-14,16-18H2. The molecule has 1 aliphatic heterocycles. The zero-order chi connectivity index (χ0) is 18.3. The van der Waals surface area contributed by atoms with E-state index in [0.29, 0.717) is 12.7 Å². The number of hydrogen-bond donors (Lipinski definition) is 0. The van der Waals surface area contributed by atoms with Gasteiger partial charge in [-0.2, -0.15) is 5.10 Å². The number of pyridine rings is 1. The van der Waals surface area contributed by atoms with E-state index in [4.69, 9.17) is 4.74 Å². The summed E-state index contributed by atoms with van der Waals surface area (Å²) in [6.45, 7) is 4.68. The quantitative estimate of drug-likeness (QED) is 0.645. The predicted molar refractivity (Wildman–Crippen MR) is 105 cm³/mol. The Kier molecular flexibility index (Phi) is 5.92. The molecular formula is C22H26N4O. The number of likely N-dealkylation sites (tertiary alicyclic amines) is 1. The molecule has 4 rings (SSSR count). The average Bonchev–Trinajstić information content (AvgIpc) is 3.23. The molecule has 0 unspecified atom stereocenters. The van der Waals surface area contributed by atoms with E-state index in [1.165, 1.54) is 11.1 Å². The lowest BCUT2D eigenvalue weighted by Gasteiger charge is -2.32. The minimum Gasteiger partial charge on any atom is -0.373 e. The maximum absolute atomic E-state index is 6.06. The van der Waals surface area contributed by atoms with E-state index >= 15 is 0 Å². The van der Waals surface area contributed by atoms with E-state index in [9.17, 15) is 0 Å². The van der Waals surface area contributed by atoms with Gasteiger partial charge in [-0.1, -0.05) is 30.3 Å². The topological polar surface area (TPSA) is 43.2 Å². The molecule has 3 heterocycles. The van der Waals surface area contributed by atoms with E-state index in [0.717, 1.165) is 44.6 Å². The Bertz CT molecular complexity index is 794. The molecule has 0 saturated carbocycles. The van der Waals surface area contributed by atoms with Crippen molar-refractivity contribution in [3.05, 3.63) is 83.9 Å². The first-order chi connectivity index (χ1) is 13.3. The molecule has 1 aromatic carbocycles. The second kappa shape index (κ2) is 8.93. The summed E-state index contributed by atoms with van der Waals surface area (Å²) >= 11 is 0. The highest BCUT2D eigenvalue weighted by molar-refractivity contribution is 5.22. The number of rotatable bonds is 7. The van der Waals surface area contributed by atoms with Crippen molar-refractivity contribution in [2.45, 2.75) is 38.6 Å². The molecule has 1 saturated heterocycles. The van der Waals surface area contributed by atoms with Crippen molar-refractivity contribution < 1.29 is 4.74 Å². The van der Waals surface area contributed by atoms with Crippen LogP contribution in [0.15, 0.2) is 67.3 Å². The van der Waals surface area contributed by atoms with Gasteiger partial charge in [-0.05, 0) is 41.7 Å². The van der Waals surface area contributed by atoms with Gasteiger partial charge in [-0.15, -0.1) is 0 Å². The summed E-state index contributed by atoms with van der Waals surface area (Å²) in [5, 5.41) is 4.26. The Labute approximate surface area is 160 Å². The third-order valence-corrected chi connectivity index (χ3v) is 5.08. The number of aromatic nitrogens is 3. The van der Waals surface area contributed by atoms with E-state index in [2.05, 4.69) is 45.3 Å². The summed E-state index contributed by atoms with van der Waals surface area (Å²) < 4.78 is 8.01. The van der Waals surface area contributed by atoms with Gasteiger partial charge >= 0.3 is 0 Å². The first-order valence-electron chi connectivity index (χ1n) is 9.63. The zero-order valence-corrected chi connectivity index (χ0v) is 15.6. The monoisotopic (exact) mass is 362 g/mol. The van der Waals surface area contributed by atoms with Crippen molar-refractivity contribution in [1.82, 2.24) is 19.7 Å². The molecule has 0 spiro atoms. The molecule has 140 valence electrons. The van der Waals surface area contributed by atoms with Gasteiger partial charge in [-0.3, -0.25) is 14.6 Å². The summed E-state index contributed by atoms with van der Waals surface area (Å²) in [7, 11) is 0. The molecular weight excluding hydrogens is 336 g/mol. The number of piperidine rings is 1. The number of nitrogens with zero attached hydrogens (tertiary/aromatic N) is 4. The van der Waals surface area contributed by atoms with Crippen LogP contribution in [0.2, 0.25) is 0 Å². The third-order valence-electron chi connectivity index (χ3n) is 5.08. The van der Waals surface area contributed by atoms with Gasteiger partial charge in [-0.25, -0.2) is 0 Å². The van der Waals surface area contributed by atoms with Crippen LogP contribution in [0.25, 0.3) is 0 Å². The third kappa shape index (κ3) is 5.25. The maximum atomic E-state index is 6.06. The van der Waals surface area contributed by atoms with Crippen LogP contribution in [-0.4, -0.2) is 38.9 Å². The average molecular weight is 362 g/mol. The van der Waals surface area contributed by atoms with Crippen molar-refractivity contribution in [3.63, 3.8) is 0 Å². The summed E-state index contributed by atoms with van der Waals surface area (Å²) in [4.78, 5) is 6.66. The minimum atomic E-state index is 0.359. The lowest BCUT2D eigenvalue weighted by atomic mass is 10.1. The van der Waals surface area contributed by atoms with Gasteiger partial charge < -0.3 is 4.74 Å². The lowest BCUT2D eigenvalue weighted by Crippen LogP contribution is -2.36. The second-order valence-corrected chi connectivity index (χ2v) is 7.17. The molecule has 1 fully saturated rings. The van der Waals surface area contributed by atoms with Crippen LogP contribution in [0.1, 0.15) is 29.5 Å². The van der Waals surface area contributed by atoms with Crippen molar-refractivity contribution >= 4 is 0 Å². The van der Waals surface area contributed by atoms with Crippen LogP contribution in [-0.2, 0) is 24.4 Å². The largest absolute Gasteiger partial charge is 0.373 e. The molecule has 0 amide bonds. The van der Waals surface area contributed by atoms with Crippen LogP contribution in [0.4, 0.5) is 0 Å². The summed E-state index contributed by atoms with van der Waals surface area (Å²) in [6, 6.07) is 14.9. The first kappa shape index (κ1) is 17.9. The Balaban J connectivity index is 1.21. The van der Waals surface area contributed by atoms with Gasteiger partial charge in [0.1, 0.15) is 0 Å². The van der Waals surface area contributed by atoms with Crippen LogP contribution in [0.3, 0.4) is 0 Å². The van der Waals surface area contributed by atoms with Crippen molar-refractivity contribution in [2.24, 2.45) is 0 Å². The smallest absolute Gasteiger partial charge is 0.0735 e. The van der Waals surface area contributed by atoms with Crippen molar-refractivity contribution in [2.75, 3.05) is 13.1 Å².